The van der Waals surface area contributed by atoms with Gasteiger partial charge in [0.2, 0.25) is 11.8 Å². The smallest absolute Gasteiger partial charge is 0.239 e. The minimum Gasteiger partial charge on any atom is -0.355 e. The molecule has 25 heavy (non-hydrogen) atoms. The second-order valence-electron chi connectivity index (χ2n) is 6.89. The number of benzene rings is 2. The van der Waals surface area contributed by atoms with Gasteiger partial charge in [0.15, 0.2) is 0 Å². The van der Waals surface area contributed by atoms with E-state index in [1.54, 1.807) is 13.8 Å². The van der Waals surface area contributed by atoms with Gasteiger partial charge < -0.3 is 10.6 Å². The number of aryl methyl sites for hydroxylation is 2. The molecule has 0 saturated carbocycles. The molecule has 0 fully saturated rings. The SMILES string of the molecule is Cc1ccc(C)c(NC(=O)C(C)(C)C(=O)NCCc2ccccc2)c1. The molecule has 0 spiro atoms. The van der Waals surface area contributed by atoms with E-state index in [-0.39, 0.29) is 11.8 Å². The summed E-state index contributed by atoms with van der Waals surface area (Å²) >= 11 is 0. The topological polar surface area (TPSA) is 58.2 Å². The van der Waals surface area contributed by atoms with Gasteiger partial charge in [-0.1, -0.05) is 42.5 Å². The molecule has 0 radical (unpaired) electrons. The Balaban J connectivity index is 1.95. The predicted octanol–water partition coefficient (Wildman–Crippen LogP) is 3.63. The lowest BCUT2D eigenvalue weighted by molar-refractivity contribution is -0.138. The van der Waals surface area contributed by atoms with Crippen molar-refractivity contribution in [3.05, 3.63) is 65.2 Å². The van der Waals surface area contributed by atoms with Gasteiger partial charge in [-0.05, 0) is 56.9 Å². The molecular formula is C21H26N2O2. The molecule has 0 atom stereocenters. The second kappa shape index (κ2) is 7.97. The Morgan fingerprint density at radius 1 is 0.960 bits per heavy atom. The third-order valence-corrected chi connectivity index (χ3v) is 4.32. The molecule has 4 nitrogen and oxygen atoms in total. The molecular weight excluding hydrogens is 312 g/mol. The van der Waals surface area contributed by atoms with Gasteiger partial charge in [0.1, 0.15) is 5.41 Å². The first-order valence-electron chi connectivity index (χ1n) is 8.51. The van der Waals surface area contributed by atoms with E-state index in [2.05, 4.69) is 10.6 Å². The number of anilines is 1. The van der Waals surface area contributed by atoms with Crippen LogP contribution in [0.15, 0.2) is 48.5 Å². The van der Waals surface area contributed by atoms with Crippen molar-refractivity contribution in [1.29, 1.82) is 0 Å². The lowest BCUT2D eigenvalue weighted by Crippen LogP contribution is -2.45. The summed E-state index contributed by atoms with van der Waals surface area (Å²) in [6, 6.07) is 15.8. The minimum atomic E-state index is -1.15. The number of carbonyl (C=O) groups is 2. The van der Waals surface area contributed by atoms with Crippen molar-refractivity contribution < 1.29 is 9.59 Å². The van der Waals surface area contributed by atoms with E-state index in [1.165, 1.54) is 0 Å². The van der Waals surface area contributed by atoms with Crippen molar-refractivity contribution in [3.63, 3.8) is 0 Å². The van der Waals surface area contributed by atoms with Crippen molar-refractivity contribution >= 4 is 17.5 Å². The zero-order valence-corrected chi connectivity index (χ0v) is 15.3. The van der Waals surface area contributed by atoms with E-state index in [9.17, 15) is 9.59 Å². The van der Waals surface area contributed by atoms with E-state index >= 15 is 0 Å². The number of rotatable bonds is 6. The minimum absolute atomic E-state index is 0.272. The monoisotopic (exact) mass is 338 g/mol. The maximum absolute atomic E-state index is 12.6. The Bertz CT molecular complexity index is 752. The summed E-state index contributed by atoms with van der Waals surface area (Å²) in [5, 5.41) is 5.74. The first kappa shape index (κ1) is 18.7. The quantitative estimate of drug-likeness (QED) is 0.790. The molecule has 2 amide bonds. The highest BCUT2D eigenvalue weighted by molar-refractivity contribution is 6.10. The standard InChI is InChI=1S/C21H26N2O2/c1-15-10-11-16(2)18(14-15)23-20(25)21(3,4)19(24)22-13-12-17-8-6-5-7-9-17/h5-11,14H,12-13H2,1-4H3,(H,22,24)(H,23,25). The van der Waals surface area contributed by atoms with Gasteiger partial charge in [-0.25, -0.2) is 0 Å². The van der Waals surface area contributed by atoms with Crippen LogP contribution >= 0.6 is 0 Å². The number of amides is 2. The molecule has 0 aliphatic rings. The molecule has 0 aliphatic heterocycles. The third-order valence-electron chi connectivity index (χ3n) is 4.32. The van der Waals surface area contributed by atoms with Crippen LogP contribution in [0.1, 0.15) is 30.5 Å². The summed E-state index contributed by atoms with van der Waals surface area (Å²) in [5.74, 6) is -0.579. The van der Waals surface area contributed by atoms with Crippen molar-refractivity contribution in [2.45, 2.75) is 34.1 Å². The molecule has 4 heteroatoms. The molecule has 132 valence electrons. The highest BCUT2D eigenvalue weighted by atomic mass is 16.2. The summed E-state index contributed by atoms with van der Waals surface area (Å²) in [4.78, 5) is 25.1. The van der Waals surface area contributed by atoms with Crippen LogP contribution in [-0.4, -0.2) is 18.4 Å². The summed E-state index contributed by atoms with van der Waals surface area (Å²) in [7, 11) is 0. The van der Waals surface area contributed by atoms with Gasteiger partial charge in [-0.3, -0.25) is 9.59 Å². The summed E-state index contributed by atoms with van der Waals surface area (Å²) in [6.45, 7) is 7.69. The zero-order valence-electron chi connectivity index (χ0n) is 15.3. The van der Waals surface area contributed by atoms with E-state index in [4.69, 9.17) is 0 Å². The highest BCUT2D eigenvalue weighted by Gasteiger charge is 2.36. The Hall–Kier alpha value is -2.62. The van der Waals surface area contributed by atoms with Crippen LogP contribution < -0.4 is 10.6 Å². The van der Waals surface area contributed by atoms with Crippen LogP contribution in [-0.2, 0) is 16.0 Å². The number of carbonyl (C=O) groups excluding carboxylic acids is 2. The fourth-order valence-corrected chi connectivity index (χ4v) is 2.44. The summed E-state index contributed by atoms with van der Waals surface area (Å²) in [6.07, 6.45) is 0.737. The fourth-order valence-electron chi connectivity index (χ4n) is 2.44. The lowest BCUT2D eigenvalue weighted by atomic mass is 9.90. The predicted molar refractivity (Wildman–Crippen MR) is 101 cm³/mol. The average Bonchev–Trinajstić information content (AvgIpc) is 2.58. The van der Waals surface area contributed by atoms with Gasteiger partial charge in [0, 0.05) is 12.2 Å². The van der Waals surface area contributed by atoms with Crippen molar-refractivity contribution in [2.24, 2.45) is 5.41 Å². The van der Waals surface area contributed by atoms with Gasteiger partial charge in [0.05, 0.1) is 0 Å². The van der Waals surface area contributed by atoms with Crippen LogP contribution in [0.2, 0.25) is 0 Å². The molecule has 2 aromatic carbocycles. The summed E-state index contributed by atoms with van der Waals surface area (Å²) in [5.41, 5.74) is 2.79. The molecule has 0 aromatic heterocycles. The van der Waals surface area contributed by atoms with Crippen LogP contribution in [0.4, 0.5) is 5.69 Å². The van der Waals surface area contributed by atoms with Gasteiger partial charge in [-0.2, -0.15) is 0 Å². The van der Waals surface area contributed by atoms with Crippen molar-refractivity contribution in [2.75, 3.05) is 11.9 Å². The first-order chi connectivity index (χ1) is 11.8. The summed E-state index contributed by atoms with van der Waals surface area (Å²) < 4.78 is 0. The van der Waals surface area contributed by atoms with E-state index in [0.29, 0.717) is 6.54 Å². The number of hydrogen-bond acceptors (Lipinski definition) is 2. The normalized spacial score (nSPS) is 11.0. The molecule has 2 N–H and O–H groups in total. The average molecular weight is 338 g/mol. The second-order valence-corrected chi connectivity index (χ2v) is 6.89. The van der Waals surface area contributed by atoms with Crippen LogP contribution in [0.5, 0.6) is 0 Å². The Morgan fingerprint density at radius 2 is 1.64 bits per heavy atom. The van der Waals surface area contributed by atoms with Crippen LogP contribution in [0.25, 0.3) is 0 Å². The largest absolute Gasteiger partial charge is 0.355 e. The Labute approximate surface area is 149 Å². The van der Waals surface area contributed by atoms with E-state index < -0.39 is 5.41 Å². The van der Waals surface area contributed by atoms with Crippen LogP contribution in [0.3, 0.4) is 0 Å². The maximum Gasteiger partial charge on any atom is 0.239 e. The molecule has 0 aliphatic carbocycles. The van der Waals surface area contributed by atoms with E-state index in [1.807, 2.05) is 62.4 Å². The molecule has 2 rings (SSSR count). The van der Waals surface area contributed by atoms with Crippen LogP contribution in [0, 0.1) is 19.3 Å². The Morgan fingerprint density at radius 3 is 2.32 bits per heavy atom. The first-order valence-corrected chi connectivity index (χ1v) is 8.51. The number of nitrogens with one attached hydrogen (secondary N) is 2. The molecule has 0 saturated heterocycles. The molecule has 0 bridgehead atoms. The Kier molecular flexibility index (Phi) is 5.97. The molecule has 0 heterocycles. The fraction of sp³-hybridized carbons (Fsp3) is 0.333. The van der Waals surface area contributed by atoms with Crippen molar-refractivity contribution in [1.82, 2.24) is 5.32 Å². The van der Waals surface area contributed by atoms with Gasteiger partial charge >= 0.3 is 0 Å². The van der Waals surface area contributed by atoms with Gasteiger partial charge in [-0.15, -0.1) is 0 Å². The highest BCUT2D eigenvalue weighted by Crippen LogP contribution is 2.22. The zero-order chi connectivity index (χ0) is 18.4. The third kappa shape index (κ3) is 4.92. The van der Waals surface area contributed by atoms with Crippen molar-refractivity contribution in [3.8, 4) is 0 Å². The molecule has 2 aromatic rings. The molecule has 0 unspecified atom stereocenters. The maximum atomic E-state index is 12.6. The lowest BCUT2D eigenvalue weighted by Gasteiger charge is -2.23. The van der Waals surface area contributed by atoms with E-state index in [0.717, 1.165) is 28.8 Å². The number of hydrogen-bond donors (Lipinski definition) is 2. The van der Waals surface area contributed by atoms with Gasteiger partial charge in [0.25, 0.3) is 0 Å².